The Morgan fingerprint density at radius 2 is 2.03 bits per heavy atom. The van der Waals surface area contributed by atoms with E-state index in [2.05, 4.69) is 39.9 Å². The lowest BCUT2D eigenvalue weighted by molar-refractivity contribution is 0.0695. The van der Waals surface area contributed by atoms with Gasteiger partial charge in [-0.3, -0.25) is 9.89 Å². The van der Waals surface area contributed by atoms with Crippen LogP contribution in [0, 0.1) is 6.92 Å². The van der Waals surface area contributed by atoms with Gasteiger partial charge in [0, 0.05) is 48.7 Å². The van der Waals surface area contributed by atoms with Gasteiger partial charge >= 0.3 is 0 Å². The summed E-state index contributed by atoms with van der Waals surface area (Å²) in [6, 6.07) is 10.5. The summed E-state index contributed by atoms with van der Waals surface area (Å²) in [5, 5.41) is 16.4. The highest BCUT2D eigenvalue weighted by atomic mass is 35.5. The molecule has 8 heteroatoms. The number of carbonyl (C=O) groups is 1. The molecular weight excluding hydrogens is 412 g/mol. The summed E-state index contributed by atoms with van der Waals surface area (Å²) in [4.78, 5) is 20.2. The number of rotatable bonds is 5. The van der Waals surface area contributed by atoms with E-state index >= 15 is 0 Å². The van der Waals surface area contributed by atoms with Crippen LogP contribution in [0.5, 0.6) is 0 Å². The summed E-state index contributed by atoms with van der Waals surface area (Å²) in [7, 11) is 0. The smallest absolute Gasteiger partial charge is 0.272 e. The maximum Gasteiger partial charge on any atom is 0.272 e. The number of pyridine rings is 1. The second-order valence-electron chi connectivity index (χ2n) is 8.40. The lowest BCUT2D eigenvalue weighted by Crippen LogP contribution is -2.52. The summed E-state index contributed by atoms with van der Waals surface area (Å²) < 4.78 is 0. The zero-order valence-electron chi connectivity index (χ0n) is 17.9. The highest BCUT2D eigenvalue weighted by molar-refractivity contribution is 6.03. The second-order valence-corrected chi connectivity index (χ2v) is 8.40. The molecule has 1 aliphatic carbocycles. The molecule has 0 bridgehead atoms. The molecule has 0 radical (unpaired) electrons. The van der Waals surface area contributed by atoms with Gasteiger partial charge in [0.2, 0.25) is 0 Å². The molecule has 0 unspecified atom stereocenters. The van der Waals surface area contributed by atoms with Gasteiger partial charge in [-0.15, -0.1) is 12.4 Å². The monoisotopic (exact) mass is 440 g/mol. The number of aryl methyl sites for hydroxylation is 1. The number of hydrogen-bond donors (Lipinski definition) is 3. The van der Waals surface area contributed by atoms with Crippen LogP contribution >= 0.6 is 12.4 Å². The summed E-state index contributed by atoms with van der Waals surface area (Å²) in [6.07, 6.45) is 3.44. The first-order chi connectivity index (χ1) is 14.6. The molecule has 0 spiro atoms. The summed E-state index contributed by atoms with van der Waals surface area (Å²) in [5.41, 5.74) is 2.61. The van der Waals surface area contributed by atoms with Crippen molar-refractivity contribution in [2.24, 2.45) is 0 Å². The fourth-order valence-electron chi connectivity index (χ4n) is 4.26. The van der Waals surface area contributed by atoms with E-state index in [9.17, 15) is 4.79 Å². The third-order valence-electron chi connectivity index (χ3n) is 6.26. The van der Waals surface area contributed by atoms with Gasteiger partial charge in [0.05, 0.1) is 0 Å². The molecule has 5 rings (SSSR count). The molecule has 1 aliphatic heterocycles. The highest BCUT2D eigenvalue weighted by Gasteiger charge is 2.27. The molecule has 31 heavy (non-hydrogen) atoms. The molecular formula is C23H29ClN6O. The van der Waals surface area contributed by atoms with E-state index < -0.39 is 0 Å². The van der Waals surface area contributed by atoms with Gasteiger partial charge in [0.25, 0.3) is 5.91 Å². The average molecular weight is 441 g/mol. The van der Waals surface area contributed by atoms with Gasteiger partial charge in [0.15, 0.2) is 5.82 Å². The lowest BCUT2D eigenvalue weighted by atomic mass is 10.0. The molecule has 1 amide bonds. The maximum atomic E-state index is 13.4. The van der Waals surface area contributed by atoms with Crippen molar-refractivity contribution in [2.45, 2.75) is 45.1 Å². The topological polar surface area (TPSA) is 85.9 Å². The first-order valence-corrected chi connectivity index (χ1v) is 10.9. The molecule has 3 heterocycles. The Hall–Kier alpha value is -2.64. The molecule has 164 valence electrons. The first kappa shape index (κ1) is 21.6. The predicted molar refractivity (Wildman–Crippen MR) is 126 cm³/mol. The molecule has 1 saturated carbocycles. The zero-order chi connectivity index (χ0) is 20.7. The minimum Gasteiger partial charge on any atom is -0.334 e. The van der Waals surface area contributed by atoms with Gasteiger partial charge in [0.1, 0.15) is 11.5 Å². The van der Waals surface area contributed by atoms with Crippen molar-refractivity contribution in [3.8, 4) is 0 Å². The fourth-order valence-corrected chi connectivity index (χ4v) is 4.26. The van der Waals surface area contributed by atoms with Crippen LogP contribution in [-0.4, -0.2) is 51.7 Å². The quantitative estimate of drug-likeness (QED) is 0.555. The maximum absolute atomic E-state index is 13.4. The molecule has 7 nitrogen and oxygen atoms in total. The summed E-state index contributed by atoms with van der Waals surface area (Å²) >= 11 is 0. The molecule has 2 fully saturated rings. The van der Waals surface area contributed by atoms with Gasteiger partial charge in [-0.05, 0) is 37.1 Å². The van der Waals surface area contributed by atoms with Crippen molar-refractivity contribution in [2.75, 3.05) is 25.0 Å². The molecule has 1 atom stereocenters. The van der Waals surface area contributed by atoms with Gasteiger partial charge in [-0.1, -0.05) is 31.2 Å². The number of nitrogens with one attached hydrogen (secondary N) is 3. The van der Waals surface area contributed by atoms with Crippen LogP contribution in [-0.2, 0) is 0 Å². The van der Waals surface area contributed by atoms with Crippen LogP contribution in [0.4, 0.5) is 11.6 Å². The van der Waals surface area contributed by atoms with Crippen molar-refractivity contribution in [3.05, 3.63) is 47.3 Å². The van der Waals surface area contributed by atoms with E-state index in [1.54, 1.807) is 0 Å². The van der Waals surface area contributed by atoms with E-state index in [-0.39, 0.29) is 18.3 Å². The van der Waals surface area contributed by atoms with E-state index in [0.29, 0.717) is 30.0 Å². The van der Waals surface area contributed by atoms with Crippen molar-refractivity contribution in [3.63, 3.8) is 0 Å². The van der Waals surface area contributed by atoms with Gasteiger partial charge < -0.3 is 15.5 Å². The van der Waals surface area contributed by atoms with E-state index in [1.165, 1.54) is 12.8 Å². The Balaban J connectivity index is 0.00000231. The fraction of sp³-hybridized carbons (Fsp3) is 0.435. The minimum atomic E-state index is 0. The average Bonchev–Trinajstić information content (AvgIpc) is 3.54. The number of piperazine rings is 1. The second kappa shape index (κ2) is 8.85. The number of halogens is 1. The largest absolute Gasteiger partial charge is 0.334 e. The minimum absolute atomic E-state index is 0. The van der Waals surface area contributed by atoms with Crippen LogP contribution in [0.1, 0.15) is 53.8 Å². The Morgan fingerprint density at radius 3 is 2.77 bits per heavy atom. The third-order valence-corrected chi connectivity index (χ3v) is 6.26. The van der Waals surface area contributed by atoms with E-state index in [0.717, 1.165) is 47.4 Å². The number of aromatic amines is 1. The van der Waals surface area contributed by atoms with Crippen molar-refractivity contribution in [1.29, 1.82) is 0 Å². The molecule has 3 N–H and O–H groups in total. The number of benzene rings is 1. The Labute approximate surface area is 188 Å². The molecule has 2 aliphatic rings. The molecule has 1 aromatic carbocycles. The number of carbonyl (C=O) groups excluding carboxylic acids is 1. The standard InChI is InChI=1S/C23H28N6O.ClH/c1-3-16-13-29(11-10-24-16)23(30)21-14(2)17-6-4-5-7-18(17)22(26-21)25-20-12-19(27-28-20)15-8-9-15;/h4-7,12,15-16,24H,3,8-11,13H2,1-2H3,(H2,25,26,27,28);1H/t16-;/m1./s1. The van der Waals surface area contributed by atoms with Crippen LogP contribution in [0.3, 0.4) is 0 Å². The van der Waals surface area contributed by atoms with Crippen LogP contribution in [0.2, 0.25) is 0 Å². The lowest BCUT2D eigenvalue weighted by Gasteiger charge is -2.33. The highest BCUT2D eigenvalue weighted by Crippen LogP contribution is 2.40. The number of amides is 1. The van der Waals surface area contributed by atoms with Crippen LogP contribution in [0.15, 0.2) is 30.3 Å². The van der Waals surface area contributed by atoms with Crippen LogP contribution in [0.25, 0.3) is 10.8 Å². The SMILES string of the molecule is CC[C@@H]1CN(C(=O)c2nc(Nc3cc(C4CC4)[nH]n3)c3ccccc3c2C)CCN1.Cl. The number of nitrogens with zero attached hydrogens (tertiary/aromatic N) is 3. The third kappa shape index (κ3) is 4.25. The van der Waals surface area contributed by atoms with E-state index in [1.807, 2.05) is 30.0 Å². The normalized spacial score (nSPS) is 18.6. The van der Waals surface area contributed by atoms with Crippen molar-refractivity contribution in [1.82, 2.24) is 25.4 Å². The van der Waals surface area contributed by atoms with Crippen molar-refractivity contribution >= 4 is 40.7 Å². The zero-order valence-corrected chi connectivity index (χ0v) is 18.8. The Bertz CT molecular complexity index is 1090. The Kier molecular flexibility index (Phi) is 6.16. The number of hydrogen-bond acceptors (Lipinski definition) is 5. The number of anilines is 2. The van der Waals surface area contributed by atoms with Gasteiger partial charge in [-0.25, -0.2) is 4.98 Å². The molecule has 3 aromatic rings. The molecule has 2 aromatic heterocycles. The van der Waals surface area contributed by atoms with Gasteiger partial charge in [-0.2, -0.15) is 5.10 Å². The predicted octanol–water partition coefficient (Wildman–Crippen LogP) is 4.13. The summed E-state index contributed by atoms with van der Waals surface area (Å²) in [5.74, 6) is 2.02. The summed E-state index contributed by atoms with van der Waals surface area (Å²) in [6.45, 7) is 6.38. The van der Waals surface area contributed by atoms with E-state index in [4.69, 9.17) is 4.98 Å². The number of fused-ring (bicyclic) bond motifs is 1. The number of aromatic nitrogens is 3. The number of H-pyrrole nitrogens is 1. The van der Waals surface area contributed by atoms with Crippen molar-refractivity contribution < 1.29 is 4.79 Å². The molecule has 1 saturated heterocycles. The first-order valence-electron chi connectivity index (χ1n) is 10.9. The Morgan fingerprint density at radius 1 is 1.26 bits per heavy atom. The van der Waals surface area contributed by atoms with Crippen LogP contribution < -0.4 is 10.6 Å².